The summed E-state index contributed by atoms with van der Waals surface area (Å²) >= 11 is 0. The predicted octanol–water partition coefficient (Wildman–Crippen LogP) is 4.12. The molecule has 0 aromatic carbocycles. The first-order chi connectivity index (χ1) is 6.18. The molecular formula is C12H28O. The molecule has 0 heterocycles. The van der Waals surface area contributed by atoms with E-state index in [4.69, 9.17) is 4.74 Å². The zero-order chi connectivity index (χ0) is 10.7. The minimum absolute atomic E-state index is 0.816. The summed E-state index contributed by atoms with van der Waals surface area (Å²) < 4.78 is 5.26. The summed E-state index contributed by atoms with van der Waals surface area (Å²) in [7, 11) is 0. The van der Waals surface area contributed by atoms with Crippen LogP contribution in [0, 0.1) is 11.8 Å². The Labute approximate surface area is 84.9 Å². The maximum Gasteiger partial charge on any atom is 0.0465 e. The van der Waals surface area contributed by atoms with Crippen molar-refractivity contribution in [3.05, 3.63) is 0 Å². The molecule has 0 saturated heterocycles. The molecule has 13 heavy (non-hydrogen) atoms. The van der Waals surface area contributed by atoms with E-state index in [2.05, 4.69) is 20.8 Å². The zero-order valence-electron chi connectivity index (χ0n) is 10.4. The Hall–Kier alpha value is -0.0400. The van der Waals surface area contributed by atoms with Crippen LogP contribution in [0.5, 0.6) is 0 Å². The van der Waals surface area contributed by atoms with Crippen LogP contribution in [0.1, 0.15) is 54.4 Å². The van der Waals surface area contributed by atoms with Crippen molar-refractivity contribution < 1.29 is 4.74 Å². The smallest absolute Gasteiger partial charge is 0.0465 e. The lowest BCUT2D eigenvalue weighted by molar-refractivity contribution is 0.137. The fourth-order valence-electron chi connectivity index (χ4n) is 0.985. The van der Waals surface area contributed by atoms with Gasteiger partial charge in [-0.3, -0.25) is 0 Å². The van der Waals surface area contributed by atoms with Gasteiger partial charge in [-0.05, 0) is 31.6 Å². The van der Waals surface area contributed by atoms with Gasteiger partial charge in [0.15, 0.2) is 0 Å². The summed E-state index contributed by atoms with van der Waals surface area (Å²) in [5, 5.41) is 0. The molecule has 0 aromatic heterocycles. The molecule has 1 heteroatoms. The van der Waals surface area contributed by atoms with Gasteiger partial charge in [0.25, 0.3) is 0 Å². The Balaban J connectivity index is 0. The molecule has 0 amide bonds. The third kappa shape index (κ3) is 12.0. The van der Waals surface area contributed by atoms with E-state index >= 15 is 0 Å². The van der Waals surface area contributed by atoms with Gasteiger partial charge in [-0.15, -0.1) is 0 Å². The second-order valence-electron chi connectivity index (χ2n) is 3.56. The van der Waals surface area contributed by atoms with Gasteiger partial charge in [-0.25, -0.2) is 0 Å². The van der Waals surface area contributed by atoms with Crippen LogP contribution in [-0.2, 0) is 4.74 Å². The van der Waals surface area contributed by atoms with Crippen molar-refractivity contribution in [1.82, 2.24) is 0 Å². The van der Waals surface area contributed by atoms with Crippen LogP contribution in [0.4, 0.5) is 0 Å². The first-order valence-electron chi connectivity index (χ1n) is 5.76. The second-order valence-corrected chi connectivity index (χ2v) is 3.56. The van der Waals surface area contributed by atoms with Crippen LogP contribution in [0.25, 0.3) is 0 Å². The molecule has 0 aliphatic rings. The van der Waals surface area contributed by atoms with Crippen molar-refractivity contribution in [2.75, 3.05) is 13.2 Å². The van der Waals surface area contributed by atoms with Crippen molar-refractivity contribution in [3.8, 4) is 0 Å². The molecule has 1 nitrogen and oxygen atoms in total. The van der Waals surface area contributed by atoms with E-state index in [0.717, 1.165) is 25.0 Å². The molecule has 1 atom stereocenters. The van der Waals surface area contributed by atoms with Crippen molar-refractivity contribution in [3.63, 3.8) is 0 Å². The summed E-state index contributed by atoms with van der Waals surface area (Å²) in [6.07, 6.45) is 2.52. The molecule has 0 aromatic rings. The van der Waals surface area contributed by atoms with Gasteiger partial charge in [0.2, 0.25) is 0 Å². The number of hydrogen-bond acceptors (Lipinski definition) is 1. The van der Waals surface area contributed by atoms with Gasteiger partial charge in [-0.2, -0.15) is 0 Å². The molecule has 0 spiro atoms. The van der Waals surface area contributed by atoms with Crippen LogP contribution < -0.4 is 0 Å². The molecule has 1 unspecified atom stereocenters. The average Bonchev–Trinajstić information content (AvgIpc) is 2.15. The molecule has 0 fully saturated rings. The summed E-state index contributed by atoms with van der Waals surface area (Å²) in [6, 6.07) is 0. The highest BCUT2D eigenvalue weighted by atomic mass is 16.5. The lowest BCUT2D eigenvalue weighted by Crippen LogP contribution is -2.05. The van der Waals surface area contributed by atoms with Gasteiger partial charge >= 0.3 is 0 Å². The normalized spacial score (nSPS) is 12.2. The highest BCUT2D eigenvalue weighted by Crippen LogP contribution is 2.15. The monoisotopic (exact) mass is 188 g/mol. The summed E-state index contributed by atoms with van der Waals surface area (Å²) in [6.45, 7) is 14.7. The lowest BCUT2D eigenvalue weighted by atomic mass is 9.93. The second kappa shape index (κ2) is 12.0. The van der Waals surface area contributed by atoms with Crippen LogP contribution in [0.2, 0.25) is 0 Å². The quantitative estimate of drug-likeness (QED) is 0.570. The third-order valence-electron chi connectivity index (χ3n) is 2.29. The van der Waals surface area contributed by atoms with Crippen molar-refractivity contribution >= 4 is 0 Å². The Morgan fingerprint density at radius 1 is 1.08 bits per heavy atom. The van der Waals surface area contributed by atoms with E-state index in [9.17, 15) is 0 Å². The van der Waals surface area contributed by atoms with E-state index < -0.39 is 0 Å². The molecule has 0 aliphatic heterocycles. The zero-order valence-corrected chi connectivity index (χ0v) is 10.4. The first kappa shape index (κ1) is 15.4. The maximum atomic E-state index is 5.26. The van der Waals surface area contributed by atoms with E-state index in [-0.39, 0.29) is 0 Å². The van der Waals surface area contributed by atoms with Gasteiger partial charge < -0.3 is 4.74 Å². The molecular weight excluding hydrogens is 160 g/mol. The minimum atomic E-state index is 0.816. The fourth-order valence-corrected chi connectivity index (χ4v) is 0.985. The Kier molecular flexibility index (Phi) is 14.2. The topological polar surface area (TPSA) is 9.23 Å². The lowest BCUT2D eigenvalue weighted by Gasteiger charge is -2.14. The van der Waals surface area contributed by atoms with E-state index in [1.54, 1.807) is 0 Å². The van der Waals surface area contributed by atoms with Crippen LogP contribution in [0.3, 0.4) is 0 Å². The average molecular weight is 188 g/mol. The Morgan fingerprint density at radius 2 is 1.62 bits per heavy atom. The minimum Gasteiger partial charge on any atom is -0.382 e. The number of rotatable bonds is 6. The molecule has 0 radical (unpaired) electrons. The third-order valence-corrected chi connectivity index (χ3v) is 2.29. The van der Waals surface area contributed by atoms with E-state index in [1.165, 1.54) is 12.8 Å². The van der Waals surface area contributed by atoms with Crippen molar-refractivity contribution in [2.24, 2.45) is 11.8 Å². The summed E-state index contributed by atoms with van der Waals surface area (Å²) in [5.74, 6) is 1.66. The van der Waals surface area contributed by atoms with Gasteiger partial charge in [0.1, 0.15) is 0 Å². The van der Waals surface area contributed by atoms with Crippen LogP contribution in [-0.4, -0.2) is 13.2 Å². The Bertz CT molecular complexity index is 79.2. The first-order valence-corrected chi connectivity index (χ1v) is 5.76. The molecule has 0 aliphatic carbocycles. The van der Waals surface area contributed by atoms with Gasteiger partial charge in [0, 0.05) is 13.2 Å². The van der Waals surface area contributed by atoms with Crippen LogP contribution in [0.15, 0.2) is 0 Å². The van der Waals surface area contributed by atoms with Crippen molar-refractivity contribution in [1.29, 1.82) is 0 Å². The standard InChI is InChI=1S/C10H22O.C2H6/c1-5-11-8-6-7-10(4)9(2)3;1-2/h9-10H,5-8H2,1-4H3;1-2H3. The SMILES string of the molecule is CC.CCOCCCC(C)C(C)C. The number of ether oxygens (including phenoxy) is 1. The summed E-state index contributed by atoms with van der Waals surface area (Å²) in [4.78, 5) is 0. The predicted molar refractivity (Wildman–Crippen MR) is 61.1 cm³/mol. The van der Waals surface area contributed by atoms with Gasteiger partial charge in [-0.1, -0.05) is 34.6 Å². The molecule has 0 saturated carbocycles. The highest BCUT2D eigenvalue weighted by molar-refractivity contribution is 4.56. The summed E-state index contributed by atoms with van der Waals surface area (Å²) in [5.41, 5.74) is 0. The molecule has 0 N–H and O–H groups in total. The van der Waals surface area contributed by atoms with Crippen molar-refractivity contribution in [2.45, 2.75) is 54.4 Å². The largest absolute Gasteiger partial charge is 0.382 e. The molecule has 0 rings (SSSR count). The fraction of sp³-hybridized carbons (Fsp3) is 1.00. The highest BCUT2D eigenvalue weighted by Gasteiger charge is 2.05. The molecule has 0 bridgehead atoms. The Morgan fingerprint density at radius 3 is 2.00 bits per heavy atom. The van der Waals surface area contributed by atoms with E-state index in [1.807, 2.05) is 20.8 Å². The maximum absolute atomic E-state index is 5.26. The van der Waals surface area contributed by atoms with Gasteiger partial charge in [0.05, 0.1) is 0 Å². The van der Waals surface area contributed by atoms with Crippen LogP contribution >= 0.6 is 0 Å². The number of hydrogen-bond donors (Lipinski definition) is 0. The molecule has 82 valence electrons. The van der Waals surface area contributed by atoms with E-state index in [0.29, 0.717) is 0 Å².